The van der Waals surface area contributed by atoms with Crippen molar-refractivity contribution in [1.29, 1.82) is 0 Å². The lowest BCUT2D eigenvalue weighted by Crippen LogP contribution is -2.41. The number of halogens is 7. The molecule has 5 aromatic rings. The van der Waals surface area contributed by atoms with Crippen LogP contribution < -0.4 is 11.2 Å². The maximum Gasteiger partial charge on any atom is 0.494 e. The first kappa shape index (κ1) is 52.4. The molecule has 6 nitrogen and oxygen atoms in total. The lowest BCUT2D eigenvalue weighted by Gasteiger charge is -2.32. The van der Waals surface area contributed by atoms with Crippen molar-refractivity contribution in [1.82, 2.24) is 0 Å². The number of alkyl halides is 5. The second kappa shape index (κ2) is 21.6. The second-order valence-electron chi connectivity index (χ2n) is 15.0. The number of carboxylic acids is 1. The van der Waals surface area contributed by atoms with Crippen molar-refractivity contribution in [3.05, 3.63) is 136 Å². The van der Waals surface area contributed by atoms with Gasteiger partial charge in [0.25, 0.3) is 0 Å². The summed E-state index contributed by atoms with van der Waals surface area (Å²) in [7, 11) is -0.473. The molecule has 1 saturated heterocycles. The molecule has 0 amide bonds. The number of carbonyl (C=O) groups is 1. The normalized spacial score (nSPS) is 14.3. The van der Waals surface area contributed by atoms with E-state index in [4.69, 9.17) is 15.0 Å². The average Bonchev–Trinajstić information content (AvgIpc) is 3.70. The standard InChI is InChI=1S/C16H23BO4.C13H15N.C7H6Br2.C6H4BrF3O.CH4.ClH/c1-14(2,13(18)19)11-8-7-9-12(10-11)17-20-15(3,4)16(5,6)21-17;1-13(2,14)12-9-5-7-10-6-3-4-8-11(10)12;8-5-6-1-3-7(9)4-2-6;7-3-4-1-2-5(11-4)6(8,9)10;;/h7-10H,1-6H3,(H,18,19);3-9H,14H2,1-2H3;1-4H,5H2;1-2H,3H2;1H4;1H. The summed E-state index contributed by atoms with van der Waals surface area (Å²) in [6.45, 7) is 15.5. The molecular formula is C43H53BBr3ClF3NO5. The third kappa shape index (κ3) is 14.5. The minimum Gasteiger partial charge on any atom is -0.481 e. The monoisotopic (exact) mass is 1000 g/mol. The predicted molar refractivity (Wildman–Crippen MR) is 241 cm³/mol. The van der Waals surface area contributed by atoms with Crippen molar-refractivity contribution in [3.8, 4) is 0 Å². The maximum atomic E-state index is 11.8. The number of hydrogen-bond acceptors (Lipinski definition) is 5. The van der Waals surface area contributed by atoms with E-state index in [1.807, 2.05) is 77.9 Å². The molecule has 3 N–H and O–H groups in total. The minimum atomic E-state index is -4.37. The number of fused-ring (bicyclic) bond motifs is 1. The molecule has 1 aliphatic rings. The highest BCUT2D eigenvalue weighted by molar-refractivity contribution is 9.10. The first-order valence-corrected chi connectivity index (χ1v) is 20.5. The van der Waals surface area contributed by atoms with Gasteiger partial charge < -0.3 is 24.6 Å². The van der Waals surface area contributed by atoms with Crippen LogP contribution in [0.1, 0.15) is 91.0 Å². The summed E-state index contributed by atoms with van der Waals surface area (Å²) < 4.78 is 53.1. The van der Waals surface area contributed by atoms with E-state index in [9.17, 15) is 23.1 Å². The zero-order valence-corrected chi connectivity index (χ0v) is 38.2. The van der Waals surface area contributed by atoms with E-state index in [2.05, 4.69) is 107 Å². The maximum absolute atomic E-state index is 11.8. The first-order chi connectivity index (χ1) is 25.4. The van der Waals surface area contributed by atoms with E-state index in [1.54, 1.807) is 13.8 Å². The van der Waals surface area contributed by atoms with E-state index in [-0.39, 0.29) is 31.1 Å². The van der Waals surface area contributed by atoms with Gasteiger partial charge in [0.05, 0.1) is 21.9 Å². The van der Waals surface area contributed by atoms with Crippen LogP contribution in [0.4, 0.5) is 13.2 Å². The van der Waals surface area contributed by atoms with Crippen LogP contribution in [0.25, 0.3) is 10.8 Å². The molecule has 0 atom stereocenters. The van der Waals surface area contributed by atoms with Crippen LogP contribution in [0.15, 0.2) is 112 Å². The summed E-state index contributed by atoms with van der Waals surface area (Å²) in [6, 6.07) is 32.5. The van der Waals surface area contributed by atoms with Gasteiger partial charge in [-0.1, -0.05) is 134 Å². The van der Waals surface area contributed by atoms with Crippen LogP contribution >= 0.6 is 60.2 Å². The van der Waals surface area contributed by atoms with Crippen LogP contribution in [-0.4, -0.2) is 29.4 Å². The largest absolute Gasteiger partial charge is 0.494 e. The Bertz CT molecular complexity index is 1990. The Morgan fingerprint density at radius 3 is 1.81 bits per heavy atom. The summed E-state index contributed by atoms with van der Waals surface area (Å²) in [6.07, 6.45) is -4.37. The number of furan rings is 1. The smallest absolute Gasteiger partial charge is 0.481 e. The molecule has 6 rings (SSSR count). The number of benzene rings is 4. The zero-order valence-electron chi connectivity index (χ0n) is 32.6. The number of aliphatic carboxylic acids is 1. The van der Waals surface area contributed by atoms with Gasteiger partial charge >= 0.3 is 19.3 Å². The Hall–Kier alpha value is -2.65. The second-order valence-corrected chi connectivity index (χ2v) is 17.1. The molecule has 1 fully saturated rings. The van der Waals surface area contributed by atoms with Crippen molar-refractivity contribution in [2.24, 2.45) is 5.73 Å². The molecule has 1 aliphatic heterocycles. The van der Waals surface area contributed by atoms with Gasteiger partial charge in [0.1, 0.15) is 5.76 Å². The van der Waals surface area contributed by atoms with Crippen molar-refractivity contribution in [2.45, 2.75) is 102 Å². The molecule has 2 heterocycles. The summed E-state index contributed by atoms with van der Waals surface area (Å²) in [5.41, 5.74) is 8.18. The average molecular weight is 1010 g/mol. The highest BCUT2D eigenvalue weighted by atomic mass is 79.9. The molecule has 0 unspecified atom stereocenters. The van der Waals surface area contributed by atoms with Crippen LogP contribution in [0.2, 0.25) is 0 Å². The fraction of sp³-hybridized carbons (Fsp3) is 0.372. The van der Waals surface area contributed by atoms with Crippen LogP contribution in [-0.2, 0) is 41.9 Å². The Morgan fingerprint density at radius 2 is 1.33 bits per heavy atom. The molecule has 14 heteroatoms. The van der Waals surface area contributed by atoms with Crippen molar-refractivity contribution >= 4 is 89.5 Å². The zero-order chi connectivity index (χ0) is 41.4. The molecule has 1 aromatic heterocycles. The highest BCUT2D eigenvalue weighted by Crippen LogP contribution is 2.37. The van der Waals surface area contributed by atoms with Crippen LogP contribution in [0, 0.1) is 0 Å². The SMILES string of the molecule is BrCc1ccc(Br)cc1.C.CC(C)(C(=O)O)c1cccc(B2OC(C)(C)C(C)(C)O2)c1.CC(C)(N)c1cccc2ccccc12.Cl.FC(F)(F)c1ccc(CBr)o1. The van der Waals surface area contributed by atoms with Crippen molar-refractivity contribution in [3.63, 3.8) is 0 Å². The molecule has 4 aromatic carbocycles. The summed E-state index contributed by atoms with van der Waals surface area (Å²) in [4.78, 5) is 11.4. The van der Waals surface area contributed by atoms with Crippen LogP contribution in [0.3, 0.4) is 0 Å². The Kier molecular flexibility index (Phi) is 19.8. The molecule has 0 aliphatic carbocycles. The Balaban J connectivity index is 0.000000395. The summed E-state index contributed by atoms with van der Waals surface area (Å²) in [5, 5.41) is 13.1. The first-order valence-electron chi connectivity index (χ1n) is 17.4. The summed E-state index contributed by atoms with van der Waals surface area (Å²) >= 11 is 9.70. The fourth-order valence-corrected chi connectivity index (χ4v) is 6.08. The van der Waals surface area contributed by atoms with Gasteiger partial charge in [-0.2, -0.15) is 13.2 Å². The topological polar surface area (TPSA) is 94.9 Å². The molecule has 0 saturated carbocycles. The lowest BCUT2D eigenvalue weighted by molar-refractivity contribution is -0.153. The minimum absolute atomic E-state index is 0. The van der Waals surface area contributed by atoms with Gasteiger partial charge in [0.2, 0.25) is 5.76 Å². The molecule has 0 spiro atoms. The Morgan fingerprint density at radius 1 is 0.789 bits per heavy atom. The quantitative estimate of drug-likeness (QED) is 0.130. The third-order valence-electron chi connectivity index (χ3n) is 9.29. The molecule has 57 heavy (non-hydrogen) atoms. The van der Waals surface area contributed by atoms with Gasteiger partial charge in [-0.05, 0) is 113 Å². The van der Waals surface area contributed by atoms with E-state index < -0.39 is 41.6 Å². The van der Waals surface area contributed by atoms with E-state index >= 15 is 0 Å². The summed E-state index contributed by atoms with van der Waals surface area (Å²) in [5.74, 6) is -1.53. The van der Waals surface area contributed by atoms with Gasteiger partial charge in [-0.15, -0.1) is 12.4 Å². The van der Waals surface area contributed by atoms with Crippen molar-refractivity contribution < 1.29 is 36.8 Å². The van der Waals surface area contributed by atoms with E-state index in [0.29, 0.717) is 5.33 Å². The van der Waals surface area contributed by atoms with E-state index in [1.165, 1.54) is 28.0 Å². The molecular weight excluding hydrogens is 953 g/mol. The number of rotatable bonds is 6. The molecule has 312 valence electrons. The van der Waals surface area contributed by atoms with Crippen LogP contribution in [0.5, 0.6) is 0 Å². The van der Waals surface area contributed by atoms with Gasteiger partial charge in [-0.25, -0.2) is 0 Å². The number of nitrogens with two attached hydrogens (primary N) is 1. The van der Waals surface area contributed by atoms with Gasteiger partial charge in [0.15, 0.2) is 0 Å². The number of hydrogen-bond donors (Lipinski definition) is 2. The molecule has 0 radical (unpaired) electrons. The predicted octanol–water partition coefficient (Wildman–Crippen LogP) is 13.0. The number of carboxylic acid groups (broad SMARTS) is 1. The highest BCUT2D eigenvalue weighted by Gasteiger charge is 2.52. The van der Waals surface area contributed by atoms with E-state index in [0.717, 1.165) is 26.9 Å². The third-order valence-corrected chi connectivity index (χ3v) is 11.0. The lowest BCUT2D eigenvalue weighted by atomic mass is 9.75. The molecule has 0 bridgehead atoms. The Labute approximate surface area is 367 Å². The van der Waals surface area contributed by atoms with Gasteiger partial charge in [-0.3, -0.25) is 4.79 Å². The fourth-order valence-electron chi connectivity index (χ4n) is 5.14. The van der Waals surface area contributed by atoms with Crippen molar-refractivity contribution in [2.75, 3.05) is 0 Å². The van der Waals surface area contributed by atoms with Gasteiger partial charge in [0, 0.05) is 15.3 Å².